The van der Waals surface area contributed by atoms with E-state index in [-0.39, 0.29) is 23.4 Å². The van der Waals surface area contributed by atoms with Crippen molar-refractivity contribution in [2.75, 3.05) is 14.2 Å². The van der Waals surface area contributed by atoms with Gasteiger partial charge in [-0.3, -0.25) is 15.0 Å². The van der Waals surface area contributed by atoms with E-state index in [1.807, 2.05) is 6.92 Å². The highest BCUT2D eigenvalue weighted by atomic mass is 16.6. The Balaban J connectivity index is 1.78. The van der Waals surface area contributed by atoms with Crippen LogP contribution in [0.15, 0.2) is 23.2 Å². The van der Waals surface area contributed by atoms with Crippen LogP contribution in [0.3, 0.4) is 0 Å². The van der Waals surface area contributed by atoms with Crippen molar-refractivity contribution in [1.82, 2.24) is 10.2 Å². The van der Waals surface area contributed by atoms with Gasteiger partial charge in [-0.05, 0) is 70.9 Å². The van der Waals surface area contributed by atoms with Crippen molar-refractivity contribution < 1.29 is 19.1 Å². The number of nitrogens with zero attached hydrogens (tertiary/aromatic N) is 2. The third kappa shape index (κ3) is 3.43. The Hall–Kier alpha value is -2.41. The predicted octanol–water partition coefficient (Wildman–Crippen LogP) is 3.67. The summed E-state index contributed by atoms with van der Waals surface area (Å²) >= 11 is 0. The fraction of sp³-hybridized carbons (Fsp3) is 0.625. The number of carbonyl (C=O) groups is 2. The summed E-state index contributed by atoms with van der Waals surface area (Å²) in [6.45, 7) is 7.45. The molecule has 1 saturated carbocycles. The number of nitrogens with one attached hydrogen (secondary N) is 1. The van der Waals surface area contributed by atoms with Gasteiger partial charge in [0.25, 0.3) is 5.91 Å². The quantitative estimate of drug-likeness (QED) is 0.742. The zero-order valence-corrected chi connectivity index (χ0v) is 19.4. The number of benzene rings is 1. The first-order valence-electron chi connectivity index (χ1n) is 11.0. The van der Waals surface area contributed by atoms with Crippen molar-refractivity contribution >= 4 is 18.0 Å². The van der Waals surface area contributed by atoms with E-state index in [1.165, 1.54) is 10.5 Å². The van der Waals surface area contributed by atoms with Gasteiger partial charge < -0.3 is 9.47 Å². The molecule has 0 radical (unpaired) electrons. The van der Waals surface area contributed by atoms with Gasteiger partial charge >= 0.3 is 6.09 Å². The lowest BCUT2D eigenvalue weighted by Crippen LogP contribution is -2.51. The van der Waals surface area contributed by atoms with Crippen LogP contribution in [-0.2, 0) is 26.2 Å². The Kier molecular flexibility index (Phi) is 5.16. The van der Waals surface area contributed by atoms with Gasteiger partial charge in [0.15, 0.2) is 5.54 Å². The maximum absolute atomic E-state index is 13.9. The molecule has 1 aliphatic heterocycles. The summed E-state index contributed by atoms with van der Waals surface area (Å²) in [6, 6.07) is 6.32. The number of guanidine groups is 1. The molecular weight excluding hydrogens is 394 g/mol. The second-order valence-electron chi connectivity index (χ2n) is 10.2. The molecule has 7 nitrogen and oxygen atoms in total. The van der Waals surface area contributed by atoms with Crippen LogP contribution in [0, 0.1) is 12.3 Å². The molecule has 1 N–H and O–H groups in total. The van der Waals surface area contributed by atoms with E-state index in [2.05, 4.69) is 23.5 Å². The van der Waals surface area contributed by atoms with Crippen LogP contribution in [-0.4, -0.2) is 48.7 Å². The van der Waals surface area contributed by atoms with Crippen LogP contribution in [0.25, 0.3) is 0 Å². The number of amides is 2. The lowest BCUT2D eigenvalue weighted by molar-refractivity contribution is -0.137. The third-order valence-corrected chi connectivity index (χ3v) is 6.99. The van der Waals surface area contributed by atoms with E-state index >= 15 is 0 Å². The van der Waals surface area contributed by atoms with E-state index in [0.717, 1.165) is 43.2 Å². The summed E-state index contributed by atoms with van der Waals surface area (Å²) < 4.78 is 11.0. The summed E-state index contributed by atoms with van der Waals surface area (Å²) in [5.41, 5.74) is 1.26. The average Bonchev–Trinajstić information content (AvgIpc) is 3.09. The van der Waals surface area contributed by atoms with Gasteiger partial charge in [-0.2, -0.15) is 0 Å². The molecule has 2 aliphatic carbocycles. The van der Waals surface area contributed by atoms with Gasteiger partial charge in [0, 0.05) is 19.6 Å². The molecule has 1 aromatic rings. The van der Waals surface area contributed by atoms with Crippen LogP contribution in [0.2, 0.25) is 0 Å². The van der Waals surface area contributed by atoms with Gasteiger partial charge in [0.2, 0.25) is 5.96 Å². The average molecular weight is 428 g/mol. The second kappa shape index (κ2) is 7.33. The van der Waals surface area contributed by atoms with Crippen molar-refractivity contribution in [2.24, 2.45) is 10.4 Å². The zero-order valence-electron chi connectivity index (χ0n) is 19.4. The Bertz CT molecular complexity index is 941. The highest BCUT2D eigenvalue weighted by Crippen LogP contribution is 2.61. The Morgan fingerprint density at radius 1 is 1.26 bits per heavy atom. The minimum absolute atomic E-state index is 0.0845. The van der Waals surface area contributed by atoms with E-state index in [1.54, 1.807) is 34.9 Å². The zero-order chi connectivity index (χ0) is 22.6. The summed E-state index contributed by atoms with van der Waals surface area (Å²) in [4.78, 5) is 32.8. The number of aryl methyl sites for hydroxylation is 1. The Labute approximate surface area is 184 Å². The summed E-state index contributed by atoms with van der Waals surface area (Å²) in [5, 5.41) is 2.72. The molecule has 7 heteroatoms. The fourth-order valence-corrected chi connectivity index (χ4v) is 5.53. The molecule has 1 atom stereocenters. The molecule has 1 unspecified atom stereocenters. The number of methoxy groups -OCH3 is 1. The molecule has 1 aromatic carbocycles. The second-order valence-corrected chi connectivity index (χ2v) is 10.2. The first-order chi connectivity index (χ1) is 14.5. The molecule has 31 heavy (non-hydrogen) atoms. The number of alkyl carbamates (subject to hydrolysis) is 1. The highest BCUT2D eigenvalue weighted by molar-refractivity contribution is 6.12. The number of hydrogen-bond donors (Lipinski definition) is 1. The van der Waals surface area contributed by atoms with Gasteiger partial charge in [-0.1, -0.05) is 23.8 Å². The van der Waals surface area contributed by atoms with Gasteiger partial charge in [0.05, 0.1) is 6.10 Å². The number of ether oxygens (including phenoxy) is 2. The largest absolute Gasteiger partial charge is 0.444 e. The van der Waals surface area contributed by atoms with E-state index in [4.69, 9.17) is 14.5 Å². The van der Waals surface area contributed by atoms with Crippen LogP contribution in [0.4, 0.5) is 4.79 Å². The molecular formula is C24H33N3O4. The Morgan fingerprint density at radius 3 is 2.55 bits per heavy atom. The number of rotatable bonds is 1. The van der Waals surface area contributed by atoms with Gasteiger partial charge in [-0.15, -0.1) is 0 Å². The molecule has 1 fully saturated rings. The van der Waals surface area contributed by atoms with Crippen LogP contribution in [0.5, 0.6) is 0 Å². The SMILES string of the molecule is COC1CCC2(CC1)Cc1ccc(C)cc1C21N=C(NC(=O)OC(C)(C)C)N(C)C1=O. The first-order valence-corrected chi connectivity index (χ1v) is 11.0. The maximum Gasteiger partial charge on any atom is 0.414 e. The van der Waals surface area contributed by atoms with Crippen molar-refractivity contribution in [2.45, 2.75) is 77.0 Å². The van der Waals surface area contributed by atoms with Gasteiger partial charge in [-0.25, -0.2) is 9.79 Å². The molecule has 4 rings (SSSR count). The van der Waals surface area contributed by atoms with Crippen molar-refractivity contribution in [3.05, 3.63) is 34.9 Å². The molecule has 0 aromatic heterocycles. The number of fused-ring (bicyclic) bond motifs is 3. The van der Waals surface area contributed by atoms with Gasteiger partial charge in [0.1, 0.15) is 5.60 Å². The topological polar surface area (TPSA) is 80.2 Å². The molecule has 2 amide bonds. The van der Waals surface area contributed by atoms with E-state index in [0.29, 0.717) is 0 Å². The van der Waals surface area contributed by atoms with Crippen molar-refractivity contribution in [3.63, 3.8) is 0 Å². The molecule has 3 aliphatic rings. The maximum atomic E-state index is 13.9. The third-order valence-electron chi connectivity index (χ3n) is 6.99. The normalized spacial score (nSPS) is 30.0. The summed E-state index contributed by atoms with van der Waals surface area (Å²) in [5.74, 6) is 0.167. The van der Waals surface area contributed by atoms with E-state index in [9.17, 15) is 9.59 Å². The van der Waals surface area contributed by atoms with Crippen molar-refractivity contribution in [3.8, 4) is 0 Å². The lowest BCUT2D eigenvalue weighted by atomic mass is 9.61. The fourth-order valence-electron chi connectivity index (χ4n) is 5.53. The van der Waals surface area contributed by atoms with E-state index < -0.39 is 17.2 Å². The molecule has 0 bridgehead atoms. The summed E-state index contributed by atoms with van der Waals surface area (Å²) in [6.07, 6.45) is 3.90. The minimum Gasteiger partial charge on any atom is -0.444 e. The number of carbonyl (C=O) groups excluding carboxylic acids is 2. The lowest BCUT2D eigenvalue weighted by Gasteiger charge is -2.45. The molecule has 168 valence electrons. The van der Waals surface area contributed by atoms with Crippen molar-refractivity contribution in [1.29, 1.82) is 0 Å². The number of aliphatic imine (C=N–C) groups is 1. The van der Waals surface area contributed by atoms with Crippen LogP contribution < -0.4 is 5.32 Å². The van der Waals surface area contributed by atoms with Crippen LogP contribution in [0.1, 0.15) is 63.1 Å². The Morgan fingerprint density at radius 2 is 1.94 bits per heavy atom. The highest BCUT2D eigenvalue weighted by Gasteiger charge is 2.66. The first kappa shape index (κ1) is 21.8. The smallest absolute Gasteiger partial charge is 0.414 e. The number of likely N-dealkylation sites (N-methyl/N-ethyl adjacent to an activating group) is 1. The standard InChI is InChI=1S/C24H33N3O4/c1-15-7-8-16-14-23(11-9-17(30-6)10-12-23)24(18(16)13-15)19(28)27(5)20(26-24)25-21(29)31-22(2,3)4/h7-8,13,17H,9-12,14H2,1-6H3,(H,25,26,29). The predicted molar refractivity (Wildman–Crippen MR) is 118 cm³/mol. The molecule has 2 spiro atoms. The summed E-state index contributed by atoms with van der Waals surface area (Å²) in [7, 11) is 3.43. The minimum atomic E-state index is -1.02. The molecule has 0 saturated heterocycles. The number of hydrogen-bond acceptors (Lipinski definition) is 5. The molecule has 1 heterocycles. The monoisotopic (exact) mass is 427 g/mol. The van der Waals surface area contributed by atoms with Crippen LogP contribution >= 0.6 is 0 Å².